The summed E-state index contributed by atoms with van der Waals surface area (Å²) in [6.45, 7) is 8.56. The summed E-state index contributed by atoms with van der Waals surface area (Å²) in [5.74, 6) is 1.56. The van der Waals surface area contributed by atoms with Gasteiger partial charge in [0.25, 0.3) is 0 Å². The Kier molecular flexibility index (Phi) is 2.34. The summed E-state index contributed by atoms with van der Waals surface area (Å²) in [6, 6.07) is 6.44. The number of fused-ring (bicyclic) bond motifs is 1. The van der Waals surface area contributed by atoms with E-state index in [-0.39, 0.29) is 5.60 Å². The minimum atomic E-state index is -0.174. The Balaban J connectivity index is 2.40. The molecular formula is C14H18O. The average molecular weight is 202 g/mol. The van der Waals surface area contributed by atoms with Crippen molar-refractivity contribution in [3.63, 3.8) is 0 Å². The Hall–Kier alpha value is -1.24. The van der Waals surface area contributed by atoms with E-state index in [2.05, 4.69) is 58.0 Å². The fraction of sp³-hybridized carbons (Fsp3) is 0.429. The van der Waals surface area contributed by atoms with Gasteiger partial charge < -0.3 is 4.74 Å². The summed E-state index contributed by atoms with van der Waals surface area (Å²) >= 11 is 0. The monoisotopic (exact) mass is 202 g/mol. The lowest BCUT2D eigenvalue weighted by molar-refractivity contribution is 0.159. The van der Waals surface area contributed by atoms with Gasteiger partial charge in [-0.2, -0.15) is 0 Å². The van der Waals surface area contributed by atoms with Crippen LogP contribution in [0.4, 0.5) is 0 Å². The van der Waals surface area contributed by atoms with Crippen LogP contribution >= 0.6 is 0 Å². The van der Waals surface area contributed by atoms with Crippen LogP contribution in [-0.2, 0) is 0 Å². The van der Waals surface area contributed by atoms with Gasteiger partial charge in [0.15, 0.2) is 0 Å². The standard InChI is InChI=1S/C14H18O/c1-10(2)11-5-6-13-12(9-11)7-8-14(3,4)15-13/h5-10H,1-4H3. The molecule has 1 aliphatic heterocycles. The van der Waals surface area contributed by atoms with Crippen molar-refractivity contribution in [1.29, 1.82) is 0 Å². The average Bonchev–Trinajstić information content (AvgIpc) is 2.15. The smallest absolute Gasteiger partial charge is 0.127 e. The van der Waals surface area contributed by atoms with Gasteiger partial charge in [-0.05, 0) is 43.5 Å². The van der Waals surface area contributed by atoms with E-state index in [9.17, 15) is 0 Å². The van der Waals surface area contributed by atoms with Crippen molar-refractivity contribution in [3.05, 3.63) is 35.4 Å². The quantitative estimate of drug-likeness (QED) is 0.669. The third-order valence-corrected chi connectivity index (χ3v) is 2.74. The van der Waals surface area contributed by atoms with E-state index in [1.807, 2.05) is 0 Å². The van der Waals surface area contributed by atoms with Crippen LogP contribution in [0.15, 0.2) is 24.3 Å². The van der Waals surface area contributed by atoms with Crippen LogP contribution in [0.5, 0.6) is 5.75 Å². The fourth-order valence-electron chi connectivity index (χ4n) is 1.76. The molecule has 1 aromatic rings. The first kappa shape index (κ1) is 10.3. The highest BCUT2D eigenvalue weighted by Crippen LogP contribution is 2.32. The van der Waals surface area contributed by atoms with Crippen LogP contribution in [0.2, 0.25) is 0 Å². The molecule has 0 aliphatic carbocycles. The Morgan fingerprint density at radius 1 is 1.20 bits per heavy atom. The molecule has 0 bridgehead atoms. The van der Waals surface area contributed by atoms with Gasteiger partial charge in [0.1, 0.15) is 11.4 Å². The molecule has 0 fully saturated rings. The molecule has 0 N–H and O–H groups in total. The topological polar surface area (TPSA) is 9.23 Å². The Bertz CT molecular complexity index is 400. The van der Waals surface area contributed by atoms with E-state index in [0.717, 1.165) is 5.75 Å². The third kappa shape index (κ3) is 2.06. The van der Waals surface area contributed by atoms with E-state index in [4.69, 9.17) is 4.74 Å². The normalized spacial score (nSPS) is 17.4. The molecule has 0 atom stereocenters. The maximum absolute atomic E-state index is 5.87. The first-order valence-corrected chi connectivity index (χ1v) is 5.50. The van der Waals surface area contributed by atoms with Crippen LogP contribution in [0.1, 0.15) is 44.7 Å². The molecular weight excluding hydrogens is 184 g/mol. The summed E-state index contributed by atoms with van der Waals surface area (Å²) in [7, 11) is 0. The molecule has 1 aromatic carbocycles. The fourth-order valence-corrected chi connectivity index (χ4v) is 1.76. The molecule has 0 saturated heterocycles. The van der Waals surface area contributed by atoms with Gasteiger partial charge in [-0.25, -0.2) is 0 Å². The Morgan fingerprint density at radius 3 is 2.60 bits per heavy atom. The second-order valence-electron chi connectivity index (χ2n) is 4.99. The van der Waals surface area contributed by atoms with Crippen molar-refractivity contribution in [2.45, 2.75) is 39.2 Å². The molecule has 0 unspecified atom stereocenters. The van der Waals surface area contributed by atoms with Crippen molar-refractivity contribution >= 4 is 6.08 Å². The molecule has 80 valence electrons. The Morgan fingerprint density at radius 2 is 1.93 bits per heavy atom. The van der Waals surface area contributed by atoms with Crippen LogP contribution in [-0.4, -0.2) is 5.60 Å². The van der Waals surface area contributed by atoms with Gasteiger partial charge in [0.05, 0.1) is 0 Å². The maximum Gasteiger partial charge on any atom is 0.127 e. The van der Waals surface area contributed by atoms with Gasteiger partial charge in [0, 0.05) is 5.56 Å². The van der Waals surface area contributed by atoms with Gasteiger partial charge in [-0.1, -0.05) is 26.0 Å². The van der Waals surface area contributed by atoms with Crippen molar-refractivity contribution < 1.29 is 4.74 Å². The number of hydrogen-bond acceptors (Lipinski definition) is 1. The molecule has 1 nitrogen and oxygen atoms in total. The van der Waals surface area contributed by atoms with Crippen molar-refractivity contribution in [2.75, 3.05) is 0 Å². The highest BCUT2D eigenvalue weighted by Gasteiger charge is 2.21. The second kappa shape index (κ2) is 3.41. The predicted molar refractivity (Wildman–Crippen MR) is 64.3 cm³/mol. The first-order valence-electron chi connectivity index (χ1n) is 5.50. The van der Waals surface area contributed by atoms with Gasteiger partial charge >= 0.3 is 0 Å². The zero-order valence-corrected chi connectivity index (χ0v) is 9.87. The minimum absolute atomic E-state index is 0.174. The van der Waals surface area contributed by atoms with E-state index < -0.39 is 0 Å². The highest BCUT2D eigenvalue weighted by molar-refractivity contribution is 5.62. The first-order chi connectivity index (χ1) is 6.98. The van der Waals surface area contributed by atoms with Crippen LogP contribution < -0.4 is 4.74 Å². The summed E-state index contributed by atoms with van der Waals surface area (Å²) in [5.41, 5.74) is 2.38. The highest BCUT2D eigenvalue weighted by atomic mass is 16.5. The van der Waals surface area contributed by atoms with Gasteiger partial charge in [0.2, 0.25) is 0 Å². The zero-order chi connectivity index (χ0) is 11.1. The third-order valence-electron chi connectivity index (χ3n) is 2.74. The molecule has 1 heterocycles. The second-order valence-corrected chi connectivity index (χ2v) is 4.99. The van der Waals surface area contributed by atoms with Crippen molar-refractivity contribution in [1.82, 2.24) is 0 Å². The predicted octanol–water partition coefficient (Wildman–Crippen LogP) is 3.99. The summed E-state index contributed by atoms with van der Waals surface area (Å²) in [6.07, 6.45) is 4.27. The minimum Gasteiger partial charge on any atom is -0.483 e. The molecule has 15 heavy (non-hydrogen) atoms. The molecule has 2 rings (SSSR count). The molecule has 0 spiro atoms. The summed E-state index contributed by atoms with van der Waals surface area (Å²) in [4.78, 5) is 0. The lowest BCUT2D eigenvalue weighted by atomic mass is 9.97. The lowest BCUT2D eigenvalue weighted by Crippen LogP contribution is -2.27. The van der Waals surface area contributed by atoms with Crippen LogP contribution in [0.3, 0.4) is 0 Å². The number of hydrogen-bond donors (Lipinski definition) is 0. The largest absolute Gasteiger partial charge is 0.483 e. The molecule has 0 aromatic heterocycles. The summed E-state index contributed by atoms with van der Waals surface area (Å²) in [5, 5.41) is 0. The Labute approximate surface area is 91.8 Å². The van der Waals surface area contributed by atoms with E-state index >= 15 is 0 Å². The van der Waals surface area contributed by atoms with Crippen LogP contribution in [0.25, 0.3) is 6.08 Å². The van der Waals surface area contributed by atoms with Crippen molar-refractivity contribution in [3.8, 4) is 5.75 Å². The van der Waals surface area contributed by atoms with Gasteiger partial charge in [-0.15, -0.1) is 0 Å². The van der Waals surface area contributed by atoms with E-state index in [1.54, 1.807) is 0 Å². The van der Waals surface area contributed by atoms with Gasteiger partial charge in [-0.3, -0.25) is 0 Å². The number of ether oxygens (including phenoxy) is 1. The lowest BCUT2D eigenvalue weighted by Gasteiger charge is -2.28. The number of benzene rings is 1. The molecule has 1 heteroatoms. The zero-order valence-electron chi connectivity index (χ0n) is 9.87. The molecule has 1 aliphatic rings. The maximum atomic E-state index is 5.87. The molecule has 0 radical (unpaired) electrons. The van der Waals surface area contributed by atoms with E-state index in [1.165, 1.54) is 11.1 Å². The van der Waals surface area contributed by atoms with Crippen molar-refractivity contribution in [2.24, 2.45) is 0 Å². The van der Waals surface area contributed by atoms with Crippen LogP contribution in [0, 0.1) is 0 Å². The SMILES string of the molecule is CC(C)c1ccc2c(c1)C=CC(C)(C)O2. The molecule has 0 amide bonds. The molecule has 0 saturated carbocycles. The number of rotatable bonds is 1. The van der Waals surface area contributed by atoms with E-state index in [0.29, 0.717) is 5.92 Å². The summed E-state index contributed by atoms with van der Waals surface area (Å²) < 4.78 is 5.87.